The average Bonchev–Trinajstić information content (AvgIpc) is 1.98. The summed E-state index contributed by atoms with van der Waals surface area (Å²) in [6, 6.07) is 0.561. The van der Waals surface area contributed by atoms with Gasteiger partial charge in [0.25, 0.3) is 0 Å². The summed E-state index contributed by atoms with van der Waals surface area (Å²) in [7, 11) is 2.16. The molecule has 0 aromatic rings. The molecule has 11 heavy (non-hydrogen) atoms. The van der Waals surface area contributed by atoms with Crippen molar-refractivity contribution in [1.29, 1.82) is 0 Å². The second-order valence-electron chi connectivity index (χ2n) is 2.82. The Kier molecular flexibility index (Phi) is 4.88. The normalized spacial score (nSPS) is 29.2. The number of likely N-dealkylation sites (N-methyl/N-ethyl adjacent to an activating group) is 1. The third kappa shape index (κ3) is 3.29. The van der Waals surface area contributed by atoms with Crippen LogP contribution in [0.1, 0.15) is 0 Å². The fraction of sp³-hybridized carbons (Fsp3) is 1.00. The van der Waals surface area contributed by atoms with E-state index >= 15 is 0 Å². The number of hydrogen-bond donors (Lipinski definition) is 0. The van der Waals surface area contributed by atoms with Crippen molar-refractivity contribution in [3.05, 3.63) is 0 Å². The predicted octanol–water partition coefficient (Wildman–Crippen LogP) is 1.32. The third-order valence-electron chi connectivity index (χ3n) is 1.87. The van der Waals surface area contributed by atoms with Crippen LogP contribution in [-0.4, -0.2) is 47.3 Å². The largest absolute Gasteiger partial charge is 0.314 e. The van der Waals surface area contributed by atoms with Crippen molar-refractivity contribution >= 4 is 45.9 Å². The highest BCUT2D eigenvalue weighted by molar-refractivity contribution is 14.1. The van der Waals surface area contributed by atoms with Gasteiger partial charge in [0.1, 0.15) is 23.0 Å². The highest BCUT2D eigenvalue weighted by Gasteiger charge is 2.22. The molecular formula is C6H12I2N2O. The second kappa shape index (κ2) is 5.15. The van der Waals surface area contributed by atoms with E-state index in [-0.39, 0.29) is 0 Å². The summed E-state index contributed by atoms with van der Waals surface area (Å²) in [6.45, 7) is 4.25. The van der Waals surface area contributed by atoms with Gasteiger partial charge in [-0.25, -0.2) is 3.11 Å². The molecule has 0 amide bonds. The Morgan fingerprint density at radius 3 is 2.91 bits per heavy atom. The lowest BCUT2D eigenvalue weighted by atomic mass is 10.2. The van der Waals surface area contributed by atoms with Gasteiger partial charge >= 0.3 is 0 Å². The first kappa shape index (κ1) is 10.4. The molecule has 1 fully saturated rings. The first-order chi connectivity index (χ1) is 5.24. The molecule has 0 spiro atoms. The van der Waals surface area contributed by atoms with Crippen molar-refractivity contribution < 1.29 is 3.07 Å². The standard InChI is InChI=1S/C6H12I2N2O/c1-9-2-3-10(7)6(4-9)5-11-8/h6H,2-5H2,1H3. The Bertz CT molecular complexity index is 125. The molecule has 3 nitrogen and oxygen atoms in total. The summed E-state index contributed by atoms with van der Waals surface area (Å²) < 4.78 is 7.43. The molecule has 66 valence electrons. The van der Waals surface area contributed by atoms with Gasteiger partial charge in [0, 0.05) is 42.5 Å². The van der Waals surface area contributed by atoms with Crippen LogP contribution in [0.15, 0.2) is 0 Å². The predicted molar refractivity (Wildman–Crippen MR) is 62.0 cm³/mol. The van der Waals surface area contributed by atoms with E-state index in [9.17, 15) is 0 Å². The molecular weight excluding hydrogens is 370 g/mol. The molecule has 1 saturated heterocycles. The maximum absolute atomic E-state index is 5.10. The molecule has 0 aliphatic carbocycles. The van der Waals surface area contributed by atoms with E-state index in [4.69, 9.17) is 3.07 Å². The molecule has 0 aromatic carbocycles. The van der Waals surface area contributed by atoms with Crippen LogP contribution >= 0.6 is 45.9 Å². The molecule has 0 saturated carbocycles. The summed E-state index contributed by atoms with van der Waals surface area (Å²) in [5.74, 6) is 0. The van der Waals surface area contributed by atoms with E-state index in [1.54, 1.807) is 0 Å². The van der Waals surface area contributed by atoms with Crippen LogP contribution in [0.5, 0.6) is 0 Å². The highest BCUT2D eigenvalue weighted by atomic mass is 127. The topological polar surface area (TPSA) is 15.7 Å². The molecule has 5 heteroatoms. The van der Waals surface area contributed by atoms with E-state index in [2.05, 4.69) is 37.9 Å². The first-order valence-corrected chi connectivity index (χ1v) is 5.43. The average molecular weight is 382 g/mol. The Hall–Kier alpha value is 1.34. The van der Waals surface area contributed by atoms with Crippen molar-refractivity contribution in [2.75, 3.05) is 33.3 Å². The second-order valence-corrected chi connectivity index (χ2v) is 4.68. The molecule has 1 heterocycles. The summed E-state index contributed by atoms with van der Waals surface area (Å²) >= 11 is 4.33. The molecule has 0 radical (unpaired) electrons. The van der Waals surface area contributed by atoms with E-state index in [0.29, 0.717) is 6.04 Å². The Morgan fingerprint density at radius 2 is 2.27 bits per heavy atom. The summed E-state index contributed by atoms with van der Waals surface area (Å²) in [6.07, 6.45) is 0. The number of hydrogen-bond acceptors (Lipinski definition) is 3. The van der Waals surface area contributed by atoms with Crippen molar-refractivity contribution in [3.8, 4) is 0 Å². The zero-order valence-corrected chi connectivity index (χ0v) is 10.8. The lowest BCUT2D eigenvalue weighted by molar-refractivity contribution is 0.152. The lowest BCUT2D eigenvalue weighted by Gasteiger charge is -2.35. The summed E-state index contributed by atoms with van der Waals surface area (Å²) in [4.78, 5) is 2.34. The van der Waals surface area contributed by atoms with Gasteiger partial charge in [0.2, 0.25) is 0 Å². The highest BCUT2D eigenvalue weighted by Crippen LogP contribution is 2.14. The fourth-order valence-corrected chi connectivity index (χ4v) is 2.16. The molecule has 0 aromatic heterocycles. The Balaban J connectivity index is 2.34. The first-order valence-electron chi connectivity index (χ1n) is 3.58. The minimum atomic E-state index is 0.561. The smallest absolute Gasteiger partial charge is 0.109 e. The third-order valence-corrected chi connectivity index (χ3v) is 3.50. The Labute approximate surface area is 95.6 Å². The molecule has 0 bridgehead atoms. The molecule has 1 unspecified atom stereocenters. The monoisotopic (exact) mass is 382 g/mol. The zero-order chi connectivity index (χ0) is 8.27. The van der Waals surface area contributed by atoms with E-state index < -0.39 is 0 Å². The van der Waals surface area contributed by atoms with Gasteiger partial charge in [0.15, 0.2) is 0 Å². The van der Waals surface area contributed by atoms with Crippen LogP contribution in [-0.2, 0) is 3.07 Å². The van der Waals surface area contributed by atoms with Crippen LogP contribution in [0.2, 0.25) is 0 Å². The minimum absolute atomic E-state index is 0.561. The van der Waals surface area contributed by atoms with Gasteiger partial charge in [-0.2, -0.15) is 0 Å². The van der Waals surface area contributed by atoms with Gasteiger partial charge in [-0.3, -0.25) is 0 Å². The van der Waals surface area contributed by atoms with Gasteiger partial charge in [-0.05, 0) is 7.05 Å². The van der Waals surface area contributed by atoms with Gasteiger partial charge in [-0.15, -0.1) is 0 Å². The molecule has 1 aliphatic heterocycles. The van der Waals surface area contributed by atoms with Crippen LogP contribution < -0.4 is 0 Å². The minimum Gasteiger partial charge on any atom is -0.314 e. The van der Waals surface area contributed by atoms with Crippen molar-refractivity contribution in [3.63, 3.8) is 0 Å². The van der Waals surface area contributed by atoms with Crippen LogP contribution in [0, 0.1) is 0 Å². The lowest BCUT2D eigenvalue weighted by Crippen LogP contribution is -2.48. The molecule has 1 atom stereocenters. The number of rotatable bonds is 2. The molecule has 1 rings (SSSR count). The molecule has 1 aliphatic rings. The molecule has 0 N–H and O–H groups in total. The van der Waals surface area contributed by atoms with E-state index in [0.717, 1.165) is 19.7 Å². The number of halogens is 2. The van der Waals surface area contributed by atoms with Crippen LogP contribution in [0.25, 0.3) is 0 Å². The van der Waals surface area contributed by atoms with Crippen molar-refractivity contribution in [1.82, 2.24) is 8.01 Å². The van der Waals surface area contributed by atoms with E-state index in [1.165, 1.54) is 6.54 Å². The van der Waals surface area contributed by atoms with Gasteiger partial charge in [-0.1, -0.05) is 0 Å². The quantitative estimate of drug-likeness (QED) is 0.530. The summed E-state index contributed by atoms with van der Waals surface area (Å²) in [5, 5.41) is 0. The van der Waals surface area contributed by atoms with Gasteiger partial charge < -0.3 is 7.97 Å². The van der Waals surface area contributed by atoms with Gasteiger partial charge in [0.05, 0.1) is 12.6 Å². The zero-order valence-electron chi connectivity index (χ0n) is 6.46. The SMILES string of the molecule is CN1CCN(I)C(COI)C1. The van der Waals surface area contributed by atoms with E-state index in [1.807, 2.05) is 23.0 Å². The van der Waals surface area contributed by atoms with Crippen LogP contribution in [0.3, 0.4) is 0 Å². The van der Waals surface area contributed by atoms with Crippen molar-refractivity contribution in [2.45, 2.75) is 6.04 Å². The maximum atomic E-state index is 5.10. The summed E-state index contributed by atoms with van der Waals surface area (Å²) in [5.41, 5.74) is 0. The van der Waals surface area contributed by atoms with Crippen molar-refractivity contribution in [2.24, 2.45) is 0 Å². The fourth-order valence-electron chi connectivity index (χ4n) is 1.19. The Morgan fingerprint density at radius 1 is 1.55 bits per heavy atom. The van der Waals surface area contributed by atoms with Crippen LogP contribution in [0.4, 0.5) is 0 Å². The number of piperazine rings is 1. The maximum Gasteiger partial charge on any atom is 0.109 e. The number of nitrogens with zero attached hydrogens (tertiary/aromatic N) is 2.